The van der Waals surface area contributed by atoms with Crippen molar-refractivity contribution in [3.63, 3.8) is 0 Å². The smallest absolute Gasteiger partial charge is 0.306 e. The lowest BCUT2D eigenvalue weighted by atomic mass is 10.0. The van der Waals surface area contributed by atoms with Gasteiger partial charge in [-0.1, -0.05) is 317 Å². The van der Waals surface area contributed by atoms with Crippen LogP contribution < -0.4 is 0 Å². The van der Waals surface area contributed by atoms with Gasteiger partial charge < -0.3 is 14.2 Å². The standard InChI is InChI=1S/C74H128O6/c1-4-7-10-13-16-19-22-25-28-31-33-35-36-37-39-40-43-46-49-52-55-58-61-64-67-73(76)79-70-71(69-78-72(75)66-63-60-57-54-51-48-45-42-30-27-24-21-18-15-12-9-6-3)80-74(77)68-65-62-59-56-53-50-47-44-41-38-34-32-29-26-23-20-17-14-11-8-5-2/h8-9,11-12,17-18,20-21,26-27,29-30,34,38,45,48,71H,4-7,10,13-16,19,22-25,28,31-33,35-37,39-44,46-47,49-70H2,1-3H3/b11-8-,12-9-,20-17-,21-18-,29-26-,30-27-,38-34-,48-45-. The number of unbranched alkanes of at least 4 members (excludes halogenated alkanes) is 35. The lowest BCUT2D eigenvalue weighted by Gasteiger charge is -2.18. The summed E-state index contributed by atoms with van der Waals surface area (Å²) in [6, 6.07) is 0. The Balaban J connectivity index is 4.37. The van der Waals surface area contributed by atoms with Crippen LogP contribution in [-0.2, 0) is 28.6 Å². The van der Waals surface area contributed by atoms with Gasteiger partial charge in [-0.15, -0.1) is 0 Å². The Kier molecular flexibility index (Phi) is 64.7. The van der Waals surface area contributed by atoms with Crippen LogP contribution in [0.1, 0.15) is 335 Å². The maximum atomic E-state index is 12.9. The summed E-state index contributed by atoms with van der Waals surface area (Å²) in [5.41, 5.74) is 0. The molecule has 0 N–H and O–H groups in total. The molecule has 0 spiro atoms. The van der Waals surface area contributed by atoms with E-state index in [1.54, 1.807) is 0 Å². The minimum Gasteiger partial charge on any atom is -0.462 e. The van der Waals surface area contributed by atoms with E-state index >= 15 is 0 Å². The molecule has 0 aliphatic rings. The van der Waals surface area contributed by atoms with Crippen LogP contribution in [0.25, 0.3) is 0 Å². The van der Waals surface area contributed by atoms with E-state index in [0.29, 0.717) is 19.3 Å². The van der Waals surface area contributed by atoms with Gasteiger partial charge in [0.15, 0.2) is 6.10 Å². The molecule has 0 heterocycles. The quantitative estimate of drug-likeness (QED) is 0.0261. The number of hydrogen-bond donors (Lipinski definition) is 0. The predicted octanol–water partition coefficient (Wildman–Crippen LogP) is 23.6. The normalized spacial score (nSPS) is 12.7. The Hall–Kier alpha value is -3.67. The highest BCUT2D eigenvalue weighted by Gasteiger charge is 2.19. The SMILES string of the molecule is CC/C=C\C/C=C\C/C=C\C/C=C\CCCCCCCCCCC(=O)OC(COC(=O)CCCCCC/C=C\C/C=C\C/C=C\C/C=C\CC)COC(=O)CCCCCCCCCCCCCCCCCCCCCCCCCC. The van der Waals surface area contributed by atoms with Crippen molar-refractivity contribution in [1.29, 1.82) is 0 Å². The monoisotopic (exact) mass is 1110 g/mol. The zero-order valence-electron chi connectivity index (χ0n) is 52.8. The van der Waals surface area contributed by atoms with Crippen molar-refractivity contribution >= 4 is 17.9 Å². The van der Waals surface area contributed by atoms with Crippen molar-refractivity contribution in [3.05, 3.63) is 97.2 Å². The van der Waals surface area contributed by atoms with Crippen molar-refractivity contribution in [2.75, 3.05) is 13.2 Å². The van der Waals surface area contributed by atoms with E-state index in [-0.39, 0.29) is 31.1 Å². The van der Waals surface area contributed by atoms with E-state index in [0.717, 1.165) is 128 Å². The molecule has 0 amide bonds. The van der Waals surface area contributed by atoms with Crippen LogP contribution in [0.15, 0.2) is 97.2 Å². The second-order valence-corrected chi connectivity index (χ2v) is 22.7. The van der Waals surface area contributed by atoms with Crippen LogP contribution in [0.4, 0.5) is 0 Å². The second-order valence-electron chi connectivity index (χ2n) is 22.7. The molecule has 0 saturated carbocycles. The number of ether oxygens (including phenoxy) is 3. The second kappa shape index (κ2) is 67.8. The third-order valence-electron chi connectivity index (χ3n) is 14.8. The minimum atomic E-state index is -0.794. The summed E-state index contributed by atoms with van der Waals surface area (Å²) < 4.78 is 17.0. The molecular formula is C74H128O6. The van der Waals surface area contributed by atoms with E-state index in [1.165, 1.54) is 167 Å². The Morgan fingerprint density at radius 3 is 0.762 bits per heavy atom. The van der Waals surface area contributed by atoms with Gasteiger partial charge in [0.25, 0.3) is 0 Å². The molecule has 1 atom stereocenters. The highest BCUT2D eigenvalue weighted by atomic mass is 16.6. The molecule has 0 aromatic rings. The maximum absolute atomic E-state index is 12.9. The summed E-state index contributed by atoms with van der Waals surface area (Å²) in [6.07, 6.45) is 91.4. The number of hydrogen-bond acceptors (Lipinski definition) is 6. The number of rotatable bonds is 62. The highest BCUT2D eigenvalue weighted by molar-refractivity contribution is 5.71. The van der Waals surface area contributed by atoms with Gasteiger partial charge >= 0.3 is 17.9 Å². The van der Waals surface area contributed by atoms with Crippen molar-refractivity contribution < 1.29 is 28.6 Å². The Morgan fingerprint density at radius 2 is 0.487 bits per heavy atom. The van der Waals surface area contributed by atoms with Crippen LogP contribution in [0.2, 0.25) is 0 Å². The van der Waals surface area contributed by atoms with Crippen LogP contribution >= 0.6 is 0 Å². The van der Waals surface area contributed by atoms with Gasteiger partial charge in [-0.2, -0.15) is 0 Å². The third kappa shape index (κ3) is 65.1. The first kappa shape index (κ1) is 76.3. The van der Waals surface area contributed by atoms with E-state index in [9.17, 15) is 14.4 Å². The van der Waals surface area contributed by atoms with Gasteiger partial charge in [0.1, 0.15) is 13.2 Å². The number of allylic oxidation sites excluding steroid dienone is 16. The van der Waals surface area contributed by atoms with Gasteiger partial charge in [0.05, 0.1) is 0 Å². The third-order valence-corrected chi connectivity index (χ3v) is 14.8. The molecule has 0 saturated heterocycles. The van der Waals surface area contributed by atoms with E-state index in [2.05, 4.69) is 118 Å². The number of carbonyl (C=O) groups is 3. The average Bonchev–Trinajstić information content (AvgIpc) is 3.46. The number of carbonyl (C=O) groups excluding carboxylic acids is 3. The molecule has 0 aromatic carbocycles. The molecule has 80 heavy (non-hydrogen) atoms. The van der Waals surface area contributed by atoms with Crippen LogP contribution in [0.5, 0.6) is 0 Å². The van der Waals surface area contributed by atoms with Crippen LogP contribution in [0, 0.1) is 0 Å². The average molecular weight is 1110 g/mol. The van der Waals surface area contributed by atoms with Gasteiger partial charge in [-0.05, 0) is 96.3 Å². The Morgan fingerprint density at radius 1 is 0.263 bits per heavy atom. The van der Waals surface area contributed by atoms with E-state index in [4.69, 9.17) is 14.2 Å². The fourth-order valence-corrected chi connectivity index (χ4v) is 9.78. The van der Waals surface area contributed by atoms with Crippen molar-refractivity contribution in [1.82, 2.24) is 0 Å². The molecule has 0 rings (SSSR count). The topological polar surface area (TPSA) is 78.9 Å². The lowest BCUT2D eigenvalue weighted by molar-refractivity contribution is -0.167. The maximum Gasteiger partial charge on any atom is 0.306 e. The van der Waals surface area contributed by atoms with Gasteiger partial charge in [0, 0.05) is 19.3 Å². The largest absolute Gasteiger partial charge is 0.462 e. The summed E-state index contributed by atoms with van der Waals surface area (Å²) in [5, 5.41) is 0. The van der Waals surface area contributed by atoms with Gasteiger partial charge in [0.2, 0.25) is 0 Å². The first-order valence-corrected chi connectivity index (χ1v) is 34.2. The molecule has 0 bridgehead atoms. The molecule has 0 radical (unpaired) electrons. The zero-order chi connectivity index (χ0) is 57.8. The first-order chi connectivity index (χ1) is 39.5. The van der Waals surface area contributed by atoms with Gasteiger partial charge in [-0.3, -0.25) is 14.4 Å². The Labute approximate surface area is 496 Å². The van der Waals surface area contributed by atoms with Gasteiger partial charge in [-0.25, -0.2) is 0 Å². The molecular weight excluding hydrogens is 985 g/mol. The van der Waals surface area contributed by atoms with E-state index < -0.39 is 6.10 Å². The summed E-state index contributed by atoms with van der Waals surface area (Å²) in [5.74, 6) is -0.904. The number of esters is 3. The van der Waals surface area contributed by atoms with Crippen molar-refractivity contribution in [2.24, 2.45) is 0 Å². The minimum absolute atomic E-state index is 0.0865. The van der Waals surface area contributed by atoms with Crippen molar-refractivity contribution in [3.8, 4) is 0 Å². The van der Waals surface area contributed by atoms with Crippen LogP contribution in [-0.4, -0.2) is 37.2 Å². The molecule has 6 heteroatoms. The summed E-state index contributed by atoms with van der Waals surface area (Å²) >= 11 is 0. The highest BCUT2D eigenvalue weighted by Crippen LogP contribution is 2.18. The summed E-state index contributed by atoms with van der Waals surface area (Å²) in [7, 11) is 0. The van der Waals surface area contributed by atoms with E-state index in [1.807, 2.05) is 0 Å². The zero-order valence-corrected chi connectivity index (χ0v) is 52.8. The lowest BCUT2D eigenvalue weighted by Crippen LogP contribution is -2.30. The predicted molar refractivity (Wildman–Crippen MR) is 348 cm³/mol. The molecule has 0 aliphatic heterocycles. The molecule has 0 aromatic heterocycles. The summed E-state index contributed by atoms with van der Waals surface area (Å²) in [6.45, 7) is 6.43. The van der Waals surface area contributed by atoms with Crippen LogP contribution in [0.3, 0.4) is 0 Å². The fourth-order valence-electron chi connectivity index (χ4n) is 9.78. The molecule has 6 nitrogen and oxygen atoms in total. The molecule has 460 valence electrons. The van der Waals surface area contributed by atoms with Crippen molar-refractivity contribution in [2.45, 2.75) is 341 Å². The first-order valence-electron chi connectivity index (χ1n) is 34.2. The molecule has 1 unspecified atom stereocenters. The fraction of sp³-hybridized carbons (Fsp3) is 0.743. The summed E-state index contributed by atoms with van der Waals surface area (Å²) in [4.78, 5) is 38.4. The molecule has 0 fully saturated rings. The Bertz CT molecular complexity index is 1560. The molecule has 0 aliphatic carbocycles.